The van der Waals surface area contributed by atoms with E-state index in [-0.39, 0.29) is 5.91 Å². The number of rotatable bonds is 8. The first-order chi connectivity index (χ1) is 11.4. The second kappa shape index (κ2) is 8.49. The van der Waals surface area contributed by atoms with Crippen molar-refractivity contribution >= 4 is 11.6 Å². The van der Waals surface area contributed by atoms with Gasteiger partial charge >= 0.3 is 0 Å². The molecule has 0 radical (unpaired) electrons. The van der Waals surface area contributed by atoms with Crippen molar-refractivity contribution < 1.29 is 9.53 Å². The molecule has 134 valence electrons. The van der Waals surface area contributed by atoms with Crippen molar-refractivity contribution in [1.82, 2.24) is 4.90 Å². The molecular formula is C19H31N3O2. The van der Waals surface area contributed by atoms with Gasteiger partial charge in [-0.15, -0.1) is 0 Å². The molecule has 5 heteroatoms. The van der Waals surface area contributed by atoms with Gasteiger partial charge in [-0.2, -0.15) is 0 Å². The van der Waals surface area contributed by atoms with Gasteiger partial charge in [0.05, 0.1) is 6.61 Å². The van der Waals surface area contributed by atoms with Gasteiger partial charge in [0.2, 0.25) is 5.91 Å². The fraction of sp³-hybridized carbons (Fsp3) is 0.632. The summed E-state index contributed by atoms with van der Waals surface area (Å²) in [6, 6.07) is 8.49. The zero-order valence-electron chi connectivity index (χ0n) is 15.3. The Hall–Kier alpha value is -1.59. The number of anilines is 1. The van der Waals surface area contributed by atoms with E-state index < -0.39 is 5.41 Å². The molecule has 0 aromatic heterocycles. The summed E-state index contributed by atoms with van der Waals surface area (Å²) in [6.45, 7) is 12.6. The second-order valence-corrected chi connectivity index (χ2v) is 7.12. The molecule has 2 N–H and O–H groups in total. The Morgan fingerprint density at radius 3 is 2.58 bits per heavy atom. The molecule has 2 rings (SSSR count). The fourth-order valence-corrected chi connectivity index (χ4v) is 3.03. The third kappa shape index (κ3) is 5.21. The van der Waals surface area contributed by atoms with Gasteiger partial charge in [-0.25, -0.2) is 0 Å². The minimum absolute atomic E-state index is 0.254. The van der Waals surface area contributed by atoms with Crippen molar-refractivity contribution in [2.75, 3.05) is 50.8 Å². The normalized spacial score (nSPS) is 16.4. The third-order valence-electron chi connectivity index (χ3n) is 4.72. The van der Waals surface area contributed by atoms with Crippen molar-refractivity contribution in [1.29, 1.82) is 0 Å². The summed E-state index contributed by atoms with van der Waals surface area (Å²) in [7, 11) is 0. The first-order valence-corrected chi connectivity index (χ1v) is 8.86. The number of hydrogen-bond donors (Lipinski definition) is 1. The second-order valence-electron chi connectivity index (χ2n) is 7.12. The van der Waals surface area contributed by atoms with E-state index in [1.165, 1.54) is 5.69 Å². The number of ether oxygens (including phenoxy) is 1. The van der Waals surface area contributed by atoms with E-state index in [2.05, 4.69) is 34.1 Å². The molecule has 0 aliphatic carbocycles. The van der Waals surface area contributed by atoms with E-state index in [0.717, 1.165) is 51.5 Å². The summed E-state index contributed by atoms with van der Waals surface area (Å²) in [5, 5.41) is 0. The Labute approximate surface area is 145 Å². The molecular weight excluding hydrogens is 302 g/mol. The molecule has 1 saturated heterocycles. The molecule has 0 unspecified atom stereocenters. The molecule has 0 spiro atoms. The number of hydrogen-bond acceptors (Lipinski definition) is 4. The maximum Gasteiger partial charge on any atom is 0.223 e. The van der Waals surface area contributed by atoms with Gasteiger partial charge in [0, 0.05) is 50.4 Å². The van der Waals surface area contributed by atoms with Crippen molar-refractivity contribution in [2.24, 2.45) is 11.1 Å². The Morgan fingerprint density at radius 2 is 1.96 bits per heavy atom. The lowest BCUT2D eigenvalue weighted by Gasteiger charge is -2.36. The van der Waals surface area contributed by atoms with Crippen LogP contribution in [0.1, 0.15) is 26.3 Å². The average molecular weight is 333 g/mol. The number of nitrogens with zero attached hydrogens (tertiary/aromatic N) is 2. The molecule has 0 atom stereocenters. The number of benzene rings is 1. The van der Waals surface area contributed by atoms with Gasteiger partial charge in [-0.1, -0.05) is 26.0 Å². The average Bonchev–Trinajstić information content (AvgIpc) is 2.55. The first-order valence-electron chi connectivity index (χ1n) is 8.86. The predicted octanol–water partition coefficient (Wildman–Crippen LogP) is 1.90. The molecule has 0 bridgehead atoms. The Kier molecular flexibility index (Phi) is 6.63. The van der Waals surface area contributed by atoms with Gasteiger partial charge in [-0.3, -0.25) is 9.69 Å². The molecule has 1 heterocycles. The maximum atomic E-state index is 11.6. The fourth-order valence-electron chi connectivity index (χ4n) is 3.03. The minimum atomic E-state index is -0.517. The Morgan fingerprint density at radius 1 is 1.25 bits per heavy atom. The van der Waals surface area contributed by atoms with E-state index in [1.54, 1.807) is 0 Å². The molecule has 1 amide bonds. The van der Waals surface area contributed by atoms with E-state index in [1.807, 2.05) is 20.8 Å². The molecule has 1 aromatic rings. The third-order valence-corrected chi connectivity index (χ3v) is 4.72. The summed E-state index contributed by atoms with van der Waals surface area (Å²) in [6.07, 6.45) is 0.671. The van der Waals surface area contributed by atoms with Crippen LogP contribution in [0, 0.1) is 5.41 Å². The van der Waals surface area contributed by atoms with Crippen LogP contribution in [-0.4, -0.2) is 56.7 Å². The zero-order chi connectivity index (χ0) is 17.6. The minimum Gasteiger partial charge on any atom is -0.380 e. The number of primary amides is 1. The largest absolute Gasteiger partial charge is 0.380 e. The monoisotopic (exact) mass is 333 g/mol. The van der Waals surface area contributed by atoms with Gasteiger partial charge in [0.25, 0.3) is 0 Å². The van der Waals surface area contributed by atoms with Crippen LogP contribution in [0.2, 0.25) is 0 Å². The summed E-state index contributed by atoms with van der Waals surface area (Å²) in [5.41, 5.74) is 7.38. The van der Waals surface area contributed by atoms with Crippen molar-refractivity contribution in [3.63, 3.8) is 0 Å². The van der Waals surface area contributed by atoms with E-state index in [4.69, 9.17) is 10.5 Å². The molecule has 0 saturated carbocycles. The van der Waals surface area contributed by atoms with Crippen LogP contribution in [0.3, 0.4) is 0 Å². The molecule has 24 heavy (non-hydrogen) atoms. The van der Waals surface area contributed by atoms with Crippen LogP contribution in [0.5, 0.6) is 0 Å². The lowest BCUT2D eigenvalue weighted by molar-refractivity contribution is -0.125. The van der Waals surface area contributed by atoms with Gasteiger partial charge in [0.1, 0.15) is 0 Å². The first kappa shape index (κ1) is 18.7. The summed E-state index contributed by atoms with van der Waals surface area (Å²) < 4.78 is 5.44. The van der Waals surface area contributed by atoms with Crippen LogP contribution < -0.4 is 10.6 Å². The zero-order valence-corrected chi connectivity index (χ0v) is 15.3. The smallest absolute Gasteiger partial charge is 0.223 e. The number of nitrogens with two attached hydrogens (primary N) is 1. The topological polar surface area (TPSA) is 58.8 Å². The summed E-state index contributed by atoms with van der Waals surface area (Å²) in [4.78, 5) is 16.4. The predicted molar refractivity (Wildman–Crippen MR) is 98.3 cm³/mol. The van der Waals surface area contributed by atoms with Crippen molar-refractivity contribution in [3.8, 4) is 0 Å². The van der Waals surface area contributed by atoms with Crippen LogP contribution in [0.25, 0.3) is 0 Å². The van der Waals surface area contributed by atoms with Crippen molar-refractivity contribution in [3.05, 3.63) is 29.8 Å². The van der Waals surface area contributed by atoms with E-state index in [0.29, 0.717) is 6.42 Å². The Balaban J connectivity index is 1.92. The van der Waals surface area contributed by atoms with Gasteiger partial charge < -0.3 is 15.4 Å². The highest BCUT2D eigenvalue weighted by molar-refractivity contribution is 5.80. The summed E-state index contributed by atoms with van der Waals surface area (Å²) in [5.74, 6) is -0.254. The lowest BCUT2D eigenvalue weighted by atomic mass is 9.85. The molecule has 1 aliphatic rings. The molecule has 1 aromatic carbocycles. The van der Waals surface area contributed by atoms with Crippen LogP contribution in [0.4, 0.5) is 5.69 Å². The van der Waals surface area contributed by atoms with E-state index in [9.17, 15) is 4.79 Å². The highest BCUT2D eigenvalue weighted by Crippen LogP contribution is 2.25. The quantitative estimate of drug-likeness (QED) is 0.738. The number of piperazine rings is 1. The summed E-state index contributed by atoms with van der Waals surface area (Å²) >= 11 is 0. The standard InChI is InChI=1S/C19H31N3O2/c1-4-24-13-12-21-8-10-22(11-9-21)17-7-5-6-16(14-17)15-19(2,3)18(20)23/h5-7,14H,4,8-13,15H2,1-3H3,(H2,20,23). The highest BCUT2D eigenvalue weighted by atomic mass is 16.5. The molecule has 5 nitrogen and oxygen atoms in total. The van der Waals surface area contributed by atoms with E-state index >= 15 is 0 Å². The Bertz CT molecular complexity index is 537. The van der Waals surface area contributed by atoms with Gasteiger partial charge in [-0.05, 0) is 31.0 Å². The SMILES string of the molecule is CCOCCN1CCN(c2cccc(CC(C)(C)C(N)=O)c2)CC1. The molecule has 1 fully saturated rings. The maximum absolute atomic E-state index is 11.6. The van der Waals surface area contributed by atoms with Crippen LogP contribution in [-0.2, 0) is 16.0 Å². The number of amides is 1. The number of carbonyl (C=O) groups is 1. The highest BCUT2D eigenvalue weighted by Gasteiger charge is 2.25. The number of carbonyl (C=O) groups excluding carboxylic acids is 1. The van der Waals surface area contributed by atoms with Crippen LogP contribution in [0.15, 0.2) is 24.3 Å². The molecule has 1 aliphatic heterocycles. The van der Waals surface area contributed by atoms with Crippen LogP contribution >= 0.6 is 0 Å². The lowest BCUT2D eigenvalue weighted by Crippen LogP contribution is -2.47. The van der Waals surface area contributed by atoms with Crippen molar-refractivity contribution in [2.45, 2.75) is 27.2 Å². The van der Waals surface area contributed by atoms with Gasteiger partial charge in [0.15, 0.2) is 0 Å².